The molecular weight excluding hydrogens is 528 g/mol. The fourth-order valence-corrected chi connectivity index (χ4v) is 6.10. The number of benzene rings is 6. The molecular formula is C38H22N4O. The van der Waals surface area contributed by atoms with Crippen LogP contribution in [0.15, 0.2) is 138 Å². The summed E-state index contributed by atoms with van der Waals surface area (Å²) in [5.74, 6) is 1.87. The Balaban J connectivity index is 1.30. The number of furan rings is 1. The standard InChI is InChI=1S/C38H22N4O/c1-2-9-25(10-3-1)35-40-36(26-18-17-24-16-15-23-8-4-5-11-27(23)33(24)22-26)42-37(41-35)31-13-6-12-29-28(31)19-20-30-32-14-7-21-39-38(32)43-34(29)30/h1-22H. The minimum Gasteiger partial charge on any atom is -0.437 e. The zero-order valence-corrected chi connectivity index (χ0v) is 22.9. The van der Waals surface area contributed by atoms with Crippen LogP contribution >= 0.6 is 0 Å². The molecule has 0 N–H and O–H groups in total. The van der Waals surface area contributed by atoms with E-state index in [-0.39, 0.29) is 0 Å². The number of rotatable bonds is 3. The average Bonchev–Trinajstić information content (AvgIpc) is 3.47. The molecule has 5 nitrogen and oxygen atoms in total. The van der Waals surface area contributed by atoms with E-state index in [9.17, 15) is 0 Å². The van der Waals surface area contributed by atoms with Gasteiger partial charge in [-0.1, -0.05) is 103 Å². The first-order chi connectivity index (χ1) is 21.3. The fourth-order valence-electron chi connectivity index (χ4n) is 6.10. The summed E-state index contributed by atoms with van der Waals surface area (Å²) in [6.07, 6.45) is 1.76. The molecule has 0 radical (unpaired) electrons. The van der Waals surface area contributed by atoms with Crippen molar-refractivity contribution in [1.29, 1.82) is 0 Å². The second-order valence-electron chi connectivity index (χ2n) is 10.7. The van der Waals surface area contributed by atoms with Crippen molar-refractivity contribution in [3.05, 3.63) is 134 Å². The Bertz CT molecular complexity index is 2520. The van der Waals surface area contributed by atoms with Gasteiger partial charge in [-0.2, -0.15) is 0 Å². The Morgan fingerprint density at radius 1 is 0.419 bits per heavy atom. The van der Waals surface area contributed by atoms with E-state index >= 15 is 0 Å². The molecule has 0 saturated carbocycles. The lowest BCUT2D eigenvalue weighted by molar-refractivity contribution is 0.657. The van der Waals surface area contributed by atoms with Gasteiger partial charge < -0.3 is 4.42 Å². The number of hydrogen-bond donors (Lipinski definition) is 0. The molecule has 0 bridgehead atoms. The lowest BCUT2D eigenvalue weighted by atomic mass is 9.99. The topological polar surface area (TPSA) is 64.7 Å². The van der Waals surface area contributed by atoms with Crippen LogP contribution in [-0.2, 0) is 0 Å². The first kappa shape index (κ1) is 23.7. The third-order valence-corrected chi connectivity index (χ3v) is 8.19. The molecule has 200 valence electrons. The van der Waals surface area contributed by atoms with E-state index in [2.05, 4.69) is 83.8 Å². The highest BCUT2D eigenvalue weighted by Crippen LogP contribution is 2.37. The largest absolute Gasteiger partial charge is 0.437 e. The molecule has 0 unspecified atom stereocenters. The average molecular weight is 551 g/mol. The molecule has 6 aromatic carbocycles. The van der Waals surface area contributed by atoms with Gasteiger partial charge in [0, 0.05) is 39.0 Å². The summed E-state index contributed by atoms with van der Waals surface area (Å²) in [5.41, 5.74) is 4.24. The van der Waals surface area contributed by atoms with Gasteiger partial charge in [0.1, 0.15) is 5.58 Å². The molecule has 0 saturated heterocycles. The van der Waals surface area contributed by atoms with Gasteiger partial charge in [0.25, 0.3) is 0 Å². The number of aromatic nitrogens is 4. The number of fused-ring (bicyclic) bond motifs is 8. The summed E-state index contributed by atoms with van der Waals surface area (Å²) >= 11 is 0. The van der Waals surface area contributed by atoms with Crippen molar-refractivity contribution in [1.82, 2.24) is 19.9 Å². The van der Waals surface area contributed by atoms with Crippen molar-refractivity contribution >= 4 is 54.4 Å². The fraction of sp³-hybridized carbons (Fsp3) is 0. The third-order valence-electron chi connectivity index (χ3n) is 8.19. The van der Waals surface area contributed by atoms with Crippen LogP contribution in [0.3, 0.4) is 0 Å². The summed E-state index contributed by atoms with van der Waals surface area (Å²) in [5, 5.41) is 8.81. The van der Waals surface area contributed by atoms with Crippen LogP contribution in [0.4, 0.5) is 0 Å². The van der Waals surface area contributed by atoms with Crippen LogP contribution in [-0.4, -0.2) is 19.9 Å². The van der Waals surface area contributed by atoms with Gasteiger partial charge in [0.15, 0.2) is 17.5 Å². The van der Waals surface area contributed by atoms with Gasteiger partial charge in [-0.05, 0) is 51.2 Å². The van der Waals surface area contributed by atoms with E-state index in [0.717, 1.165) is 43.8 Å². The first-order valence-corrected chi connectivity index (χ1v) is 14.2. The van der Waals surface area contributed by atoms with Crippen LogP contribution in [0.25, 0.3) is 88.5 Å². The lowest BCUT2D eigenvalue weighted by Crippen LogP contribution is -2.00. The van der Waals surface area contributed by atoms with Crippen LogP contribution in [0.2, 0.25) is 0 Å². The molecule has 0 spiro atoms. The summed E-state index contributed by atoms with van der Waals surface area (Å²) in [4.78, 5) is 19.5. The van der Waals surface area contributed by atoms with Gasteiger partial charge >= 0.3 is 0 Å². The molecule has 3 heterocycles. The first-order valence-electron chi connectivity index (χ1n) is 14.2. The number of nitrogens with zero attached hydrogens (tertiary/aromatic N) is 4. The van der Waals surface area contributed by atoms with E-state index in [1.165, 1.54) is 21.5 Å². The molecule has 9 aromatic rings. The molecule has 0 aliphatic rings. The van der Waals surface area contributed by atoms with Gasteiger partial charge in [0.2, 0.25) is 5.71 Å². The number of pyridine rings is 1. The van der Waals surface area contributed by atoms with E-state index < -0.39 is 0 Å². The molecule has 0 atom stereocenters. The smallest absolute Gasteiger partial charge is 0.227 e. The maximum absolute atomic E-state index is 6.25. The maximum atomic E-state index is 6.25. The Kier molecular flexibility index (Phi) is 5.13. The third kappa shape index (κ3) is 3.79. The predicted octanol–water partition coefficient (Wildman–Crippen LogP) is 9.63. The van der Waals surface area contributed by atoms with Gasteiger partial charge in [0.05, 0.1) is 0 Å². The van der Waals surface area contributed by atoms with Crippen molar-refractivity contribution in [3.63, 3.8) is 0 Å². The van der Waals surface area contributed by atoms with Gasteiger partial charge in [-0.15, -0.1) is 0 Å². The zero-order chi connectivity index (χ0) is 28.3. The Morgan fingerprint density at radius 2 is 1.09 bits per heavy atom. The SMILES string of the molecule is c1ccc(-c2nc(-c3ccc4ccc5ccccc5c4c3)nc(-c3cccc4c3ccc3c5cccnc5oc43)n2)cc1. The Morgan fingerprint density at radius 3 is 2.00 bits per heavy atom. The second kappa shape index (κ2) is 9.29. The molecule has 0 amide bonds. The van der Waals surface area contributed by atoms with Crippen LogP contribution in [0.5, 0.6) is 0 Å². The van der Waals surface area contributed by atoms with E-state index in [1.807, 2.05) is 48.5 Å². The molecule has 9 rings (SSSR count). The highest BCUT2D eigenvalue weighted by atomic mass is 16.3. The minimum atomic E-state index is 0.612. The summed E-state index contributed by atoms with van der Waals surface area (Å²) in [6.45, 7) is 0. The van der Waals surface area contributed by atoms with Crippen molar-refractivity contribution in [2.45, 2.75) is 0 Å². The maximum Gasteiger partial charge on any atom is 0.227 e. The normalized spacial score (nSPS) is 11.7. The molecule has 5 heteroatoms. The van der Waals surface area contributed by atoms with Gasteiger partial charge in [-0.3, -0.25) is 0 Å². The number of hydrogen-bond acceptors (Lipinski definition) is 5. The predicted molar refractivity (Wildman–Crippen MR) is 174 cm³/mol. The van der Waals surface area contributed by atoms with Crippen LogP contribution in [0, 0.1) is 0 Å². The monoisotopic (exact) mass is 550 g/mol. The Hall–Kier alpha value is -5.94. The van der Waals surface area contributed by atoms with E-state index in [4.69, 9.17) is 19.4 Å². The Labute approximate surface area is 246 Å². The quantitative estimate of drug-likeness (QED) is 0.205. The lowest BCUT2D eigenvalue weighted by Gasteiger charge is -2.11. The zero-order valence-electron chi connectivity index (χ0n) is 22.9. The molecule has 0 fully saturated rings. The molecule has 0 aliphatic carbocycles. The highest BCUT2D eigenvalue weighted by Gasteiger charge is 2.17. The molecule has 43 heavy (non-hydrogen) atoms. The molecule has 0 aliphatic heterocycles. The van der Waals surface area contributed by atoms with Gasteiger partial charge in [-0.25, -0.2) is 19.9 Å². The van der Waals surface area contributed by atoms with E-state index in [1.54, 1.807) is 6.20 Å². The summed E-state index contributed by atoms with van der Waals surface area (Å²) < 4.78 is 6.25. The minimum absolute atomic E-state index is 0.612. The van der Waals surface area contributed by atoms with Crippen LogP contribution < -0.4 is 0 Å². The molecule has 3 aromatic heterocycles. The summed E-state index contributed by atoms with van der Waals surface area (Å²) in [7, 11) is 0. The van der Waals surface area contributed by atoms with Crippen molar-refractivity contribution in [3.8, 4) is 34.2 Å². The second-order valence-corrected chi connectivity index (χ2v) is 10.7. The summed E-state index contributed by atoms with van der Waals surface area (Å²) in [6, 6.07) is 43.7. The van der Waals surface area contributed by atoms with Crippen molar-refractivity contribution in [2.24, 2.45) is 0 Å². The highest BCUT2D eigenvalue weighted by molar-refractivity contribution is 6.16. The van der Waals surface area contributed by atoms with Crippen LogP contribution in [0.1, 0.15) is 0 Å². The van der Waals surface area contributed by atoms with Crippen molar-refractivity contribution in [2.75, 3.05) is 0 Å². The van der Waals surface area contributed by atoms with Crippen molar-refractivity contribution < 1.29 is 4.42 Å². The van der Waals surface area contributed by atoms with E-state index in [0.29, 0.717) is 23.2 Å².